The lowest BCUT2D eigenvalue weighted by Gasteiger charge is -2.30. The average Bonchev–Trinajstić information content (AvgIpc) is 2.45. The minimum absolute atomic E-state index is 0.0697. The van der Waals surface area contributed by atoms with E-state index in [2.05, 4.69) is 11.8 Å². The fourth-order valence-corrected chi connectivity index (χ4v) is 3.82. The number of carbonyl (C=O) groups excluding carboxylic acids is 1. The Labute approximate surface area is 122 Å². The van der Waals surface area contributed by atoms with Gasteiger partial charge in [-0.2, -0.15) is 11.8 Å². The largest absolute Gasteiger partial charge is 0.469 e. The van der Waals surface area contributed by atoms with Crippen LogP contribution in [0.4, 0.5) is 0 Å². The third kappa shape index (κ3) is 7.83. The predicted molar refractivity (Wildman–Crippen MR) is 82.7 cm³/mol. The van der Waals surface area contributed by atoms with Crippen LogP contribution in [-0.4, -0.2) is 48.6 Å². The van der Waals surface area contributed by atoms with Gasteiger partial charge in [0.2, 0.25) is 0 Å². The summed E-state index contributed by atoms with van der Waals surface area (Å²) < 4.78 is 4.75. The van der Waals surface area contributed by atoms with Crippen LogP contribution in [0.2, 0.25) is 0 Å². The Bertz CT molecular complexity index is 242. The van der Waals surface area contributed by atoms with Crippen molar-refractivity contribution in [3.8, 4) is 0 Å². The summed E-state index contributed by atoms with van der Waals surface area (Å²) in [7, 11) is 1.48. The quantitative estimate of drug-likeness (QED) is 0.480. The van der Waals surface area contributed by atoms with Gasteiger partial charge in [0, 0.05) is 18.2 Å². The number of methoxy groups -OCH3 is 1. The summed E-state index contributed by atoms with van der Waals surface area (Å²) in [5.74, 6) is 1.15. The lowest BCUT2D eigenvalue weighted by molar-refractivity contribution is -0.140. The monoisotopic (exact) mass is 287 g/mol. The number of unbranched alkanes of at least 4 members (excludes halogenated alkanes) is 1. The van der Waals surface area contributed by atoms with Crippen molar-refractivity contribution in [1.29, 1.82) is 0 Å². The Morgan fingerprint density at radius 3 is 2.68 bits per heavy atom. The number of piperidine rings is 1. The van der Waals surface area contributed by atoms with Gasteiger partial charge in [0.05, 0.1) is 7.11 Å². The Hall–Kier alpha value is -0.220. The molecule has 1 saturated heterocycles. The van der Waals surface area contributed by atoms with Crippen molar-refractivity contribution < 1.29 is 9.53 Å². The molecule has 1 unspecified atom stereocenters. The van der Waals surface area contributed by atoms with Gasteiger partial charge in [0.15, 0.2) is 0 Å². The molecule has 112 valence electrons. The fraction of sp³-hybridized carbons (Fsp3) is 0.933. The zero-order chi connectivity index (χ0) is 13.9. The van der Waals surface area contributed by atoms with Gasteiger partial charge in [-0.1, -0.05) is 19.8 Å². The predicted octanol–water partition coefficient (Wildman–Crippen LogP) is 3.33. The Balaban J connectivity index is 2.31. The lowest BCUT2D eigenvalue weighted by atomic mass is 10.1. The second kappa shape index (κ2) is 10.6. The maximum Gasteiger partial charge on any atom is 0.305 e. The second-order valence-electron chi connectivity index (χ2n) is 5.32. The normalized spacial score (nSPS) is 18.2. The molecule has 0 radical (unpaired) electrons. The molecule has 0 saturated carbocycles. The average molecular weight is 287 g/mol. The van der Waals surface area contributed by atoms with Gasteiger partial charge in [0.25, 0.3) is 0 Å². The van der Waals surface area contributed by atoms with Crippen molar-refractivity contribution >= 4 is 17.7 Å². The number of rotatable bonds is 9. The molecule has 1 atom stereocenters. The van der Waals surface area contributed by atoms with E-state index in [1.54, 1.807) is 0 Å². The lowest BCUT2D eigenvalue weighted by Crippen LogP contribution is -2.35. The third-order valence-corrected chi connectivity index (χ3v) is 5.04. The molecular weight excluding hydrogens is 258 g/mol. The molecular formula is C15H29NO2S. The molecule has 0 spiro atoms. The number of ether oxygens (including phenoxy) is 1. The first-order chi connectivity index (χ1) is 9.26. The topological polar surface area (TPSA) is 29.5 Å². The molecule has 1 aliphatic heterocycles. The SMILES string of the molecule is CCCCSC(CCC(=O)OC)CN1CCCCC1. The number of nitrogens with zero attached hydrogens (tertiary/aromatic N) is 1. The minimum Gasteiger partial charge on any atom is -0.469 e. The summed E-state index contributed by atoms with van der Waals surface area (Å²) in [5, 5.41) is 0.587. The van der Waals surface area contributed by atoms with Crippen molar-refractivity contribution in [3.05, 3.63) is 0 Å². The van der Waals surface area contributed by atoms with E-state index in [4.69, 9.17) is 4.74 Å². The van der Waals surface area contributed by atoms with Gasteiger partial charge >= 0.3 is 5.97 Å². The summed E-state index contributed by atoms with van der Waals surface area (Å²) in [5.41, 5.74) is 0. The summed E-state index contributed by atoms with van der Waals surface area (Å²) in [6.07, 6.45) is 8.10. The van der Waals surface area contributed by atoms with Crippen LogP contribution in [0, 0.1) is 0 Å². The van der Waals surface area contributed by atoms with Crippen LogP contribution in [0.5, 0.6) is 0 Å². The van der Waals surface area contributed by atoms with E-state index < -0.39 is 0 Å². The Morgan fingerprint density at radius 2 is 2.05 bits per heavy atom. The molecule has 3 nitrogen and oxygen atoms in total. The van der Waals surface area contributed by atoms with E-state index in [9.17, 15) is 4.79 Å². The van der Waals surface area contributed by atoms with E-state index in [0.717, 1.165) is 13.0 Å². The van der Waals surface area contributed by atoms with Crippen LogP contribution in [0.3, 0.4) is 0 Å². The van der Waals surface area contributed by atoms with Crippen LogP contribution < -0.4 is 0 Å². The molecule has 0 N–H and O–H groups in total. The Morgan fingerprint density at radius 1 is 1.32 bits per heavy atom. The van der Waals surface area contributed by atoms with Crippen LogP contribution in [0.25, 0.3) is 0 Å². The minimum atomic E-state index is -0.0697. The summed E-state index contributed by atoms with van der Waals surface area (Å²) >= 11 is 2.04. The van der Waals surface area contributed by atoms with Crippen molar-refractivity contribution in [2.24, 2.45) is 0 Å². The van der Waals surface area contributed by atoms with Crippen molar-refractivity contribution in [1.82, 2.24) is 4.90 Å². The van der Waals surface area contributed by atoms with Gasteiger partial charge < -0.3 is 9.64 Å². The molecule has 19 heavy (non-hydrogen) atoms. The highest BCUT2D eigenvalue weighted by atomic mass is 32.2. The Kier molecular flexibility index (Phi) is 9.35. The molecule has 4 heteroatoms. The second-order valence-corrected chi connectivity index (χ2v) is 6.73. The van der Waals surface area contributed by atoms with Gasteiger partial charge in [-0.25, -0.2) is 0 Å². The zero-order valence-corrected chi connectivity index (χ0v) is 13.3. The molecule has 1 heterocycles. The third-order valence-electron chi connectivity index (χ3n) is 3.66. The smallest absolute Gasteiger partial charge is 0.305 e. The van der Waals surface area contributed by atoms with E-state index in [1.165, 1.54) is 58.1 Å². The summed E-state index contributed by atoms with van der Waals surface area (Å²) in [4.78, 5) is 13.9. The number of hydrogen-bond donors (Lipinski definition) is 0. The van der Waals surface area contributed by atoms with E-state index in [-0.39, 0.29) is 5.97 Å². The van der Waals surface area contributed by atoms with Gasteiger partial charge in [-0.05, 0) is 44.5 Å². The van der Waals surface area contributed by atoms with Crippen LogP contribution in [0.15, 0.2) is 0 Å². The van der Waals surface area contributed by atoms with E-state index >= 15 is 0 Å². The summed E-state index contributed by atoms with van der Waals surface area (Å²) in [6.45, 7) is 5.85. The molecule has 0 aromatic rings. The molecule has 1 aliphatic rings. The highest BCUT2D eigenvalue weighted by Gasteiger charge is 2.18. The van der Waals surface area contributed by atoms with Gasteiger partial charge in [0.1, 0.15) is 0 Å². The number of likely N-dealkylation sites (tertiary alicyclic amines) is 1. The van der Waals surface area contributed by atoms with Gasteiger partial charge in [-0.3, -0.25) is 4.79 Å². The number of carbonyl (C=O) groups is 1. The first-order valence-electron chi connectivity index (χ1n) is 7.67. The van der Waals surface area contributed by atoms with Crippen molar-refractivity contribution in [2.75, 3.05) is 32.5 Å². The number of thioether (sulfide) groups is 1. The molecule has 0 bridgehead atoms. The zero-order valence-electron chi connectivity index (χ0n) is 12.5. The number of hydrogen-bond acceptors (Lipinski definition) is 4. The van der Waals surface area contributed by atoms with Crippen molar-refractivity contribution in [3.63, 3.8) is 0 Å². The molecule has 1 rings (SSSR count). The number of esters is 1. The van der Waals surface area contributed by atoms with Crippen molar-refractivity contribution in [2.45, 2.75) is 57.1 Å². The maximum absolute atomic E-state index is 11.3. The van der Waals surface area contributed by atoms with Crippen LogP contribution in [0.1, 0.15) is 51.9 Å². The fourth-order valence-electron chi connectivity index (χ4n) is 2.43. The molecule has 0 aromatic carbocycles. The van der Waals surface area contributed by atoms with Gasteiger partial charge in [-0.15, -0.1) is 0 Å². The van der Waals surface area contributed by atoms with E-state index in [0.29, 0.717) is 11.7 Å². The van der Waals surface area contributed by atoms with Crippen LogP contribution >= 0.6 is 11.8 Å². The van der Waals surface area contributed by atoms with E-state index in [1.807, 2.05) is 11.8 Å². The molecule has 1 fully saturated rings. The highest BCUT2D eigenvalue weighted by Crippen LogP contribution is 2.21. The molecule has 0 aliphatic carbocycles. The maximum atomic E-state index is 11.3. The summed E-state index contributed by atoms with van der Waals surface area (Å²) in [6, 6.07) is 0. The molecule has 0 aromatic heterocycles. The standard InChI is InChI=1S/C15H29NO2S/c1-3-4-12-19-14(8-9-15(17)18-2)13-16-10-6-5-7-11-16/h14H,3-13H2,1-2H3. The first kappa shape index (κ1) is 16.8. The highest BCUT2D eigenvalue weighted by molar-refractivity contribution is 7.99. The first-order valence-corrected chi connectivity index (χ1v) is 8.72. The van der Waals surface area contributed by atoms with Crippen LogP contribution in [-0.2, 0) is 9.53 Å². The molecule has 0 amide bonds.